The third-order valence-corrected chi connectivity index (χ3v) is 4.77. The molecule has 2 aromatic carbocycles. The van der Waals surface area contributed by atoms with Gasteiger partial charge in [0.1, 0.15) is 17.1 Å². The van der Waals surface area contributed by atoms with Crippen LogP contribution in [0.25, 0.3) is 0 Å². The SMILES string of the molecule is CCOc1ccccc1NC(=O)c1cccc(C(=O)N2CCc3ccccc32)n1. The van der Waals surface area contributed by atoms with Gasteiger partial charge >= 0.3 is 0 Å². The molecule has 0 bridgehead atoms. The number of fused-ring (bicyclic) bond motifs is 1. The van der Waals surface area contributed by atoms with Gasteiger partial charge in [0, 0.05) is 12.2 Å². The summed E-state index contributed by atoms with van der Waals surface area (Å²) in [7, 11) is 0. The third-order valence-electron chi connectivity index (χ3n) is 4.77. The average molecular weight is 387 g/mol. The van der Waals surface area contributed by atoms with Crippen molar-refractivity contribution in [1.82, 2.24) is 4.98 Å². The van der Waals surface area contributed by atoms with Crippen LogP contribution < -0.4 is 15.0 Å². The van der Waals surface area contributed by atoms with Crippen molar-refractivity contribution < 1.29 is 14.3 Å². The number of para-hydroxylation sites is 3. The second kappa shape index (κ2) is 8.14. The summed E-state index contributed by atoms with van der Waals surface area (Å²) in [5.41, 5.74) is 3.02. The van der Waals surface area contributed by atoms with Crippen molar-refractivity contribution in [3.63, 3.8) is 0 Å². The molecule has 0 saturated carbocycles. The van der Waals surface area contributed by atoms with Crippen molar-refractivity contribution in [3.05, 3.63) is 83.7 Å². The number of benzene rings is 2. The fourth-order valence-electron chi connectivity index (χ4n) is 3.41. The summed E-state index contributed by atoms with van der Waals surface area (Å²) in [6, 6.07) is 19.9. The van der Waals surface area contributed by atoms with Crippen molar-refractivity contribution in [2.75, 3.05) is 23.4 Å². The van der Waals surface area contributed by atoms with E-state index in [4.69, 9.17) is 4.74 Å². The largest absolute Gasteiger partial charge is 0.492 e. The van der Waals surface area contributed by atoms with Gasteiger partial charge in [0.15, 0.2) is 0 Å². The second-order valence-corrected chi connectivity index (χ2v) is 6.63. The summed E-state index contributed by atoms with van der Waals surface area (Å²) in [6.07, 6.45) is 0.816. The molecule has 1 aliphatic rings. The maximum absolute atomic E-state index is 13.0. The number of anilines is 2. The third kappa shape index (κ3) is 3.82. The Morgan fingerprint density at radius 1 is 1.00 bits per heavy atom. The van der Waals surface area contributed by atoms with Crippen molar-refractivity contribution in [1.29, 1.82) is 0 Å². The molecule has 0 radical (unpaired) electrons. The molecule has 6 nitrogen and oxygen atoms in total. The molecule has 0 atom stereocenters. The van der Waals surface area contributed by atoms with Crippen LogP contribution in [-0.2, 0) is 6.42 Å². The lowest BCUT2D eigenvalue weighted by molar-refractivity contribution is 0.0984. The van der Waals surface area contributed by atoms with E-state index in [0.29, 0.717) is 24.6 Å². The highest BCUT2D eigenvalue weighted by Gasteiger charge is 2.26. The van der Waals surface area contributed by atoms with Crippen LogP contribution in [0, 0.1) is 0 Å². The maximum atomic E-state index is 13.0. The Labute approximate surface area is 169 Å². The summed E-state index contributed by atoms with van der Waals surface area (Å²) >= 11 is 0. The van der Waals surface area contributed by atoms with Crippen molar-refractivity contribution >= 4 is 23.2 Å². The minimum Gasteiger partial charge on any atom is -0.492 e. The zero-order chi connectivity index (χ0) is 20.2. The number of nitrogens with zero attached hydrogens (tertiary/aromatic N) is 2. The number of aromatic nitrogens is 1. The molecule has 0 fully saturated rings. The van der Waals surface area contributed by atoms with Crippen LogP contribution in [0.5, 0.6) is 5.75 Å². The van der Waals surface area contributed by atoms with E-state index in [9.17, 15) is 9.59 Å². The first-order chi connectivity index (χ1) is 14.2. The number of hydrogen-bond acceptors (Lipinski definition) is 4. The molecule has 3 aromatic rings. The predicted molar refractivity (Wildman–Crippen MR) is 112 cm³/mol. The highest BCUT2D eigenvalue weighted by molar-refractivity contribution is 6.08. The van der Waals surface area contributed by atoms with Gasteiger partial charge in [0.25, 0.3) is 11.8 Å². The van der Waals surface area contributed by atoms with Gasteiger partial charge in [-0.1, -0.05) is 36.4 Å². The normalized spacial score (nSPS) is 12.4. The Hall–Kier alpha value is -3.67. The lowest BCUT2D eigenvalue weighted by Gasteiger charge is -2.17. The number of hydrogen-bond donors (Lipinski definition) is 1. The quantitative estimate of drug-likeness (QED) is 0.720. The molecular formula is C23H21N3O3. The fraction of sp³-hybridized carbons (Fsp3) is 0.174. The molecule has 0 saturated heterocycles. The van der Waals surface area contributed by atoms with Crippen LogP contribution in [-0.4, -0.2) is 29.9 Å². The van der Waals surface area contributed by atoms with E-state index in [1.165, 1.54) is 0 Å². The Kier molecular flexibility index (Phi) is 5.24. The number of rotatable bonds is 5. The van der Waals surface area contributed by atoms with Gasteiger partial charge in [-0.2, -0.15) is 0 Å². The van der Waals surface area contributed by atoms with E-state index in [1.807, 2.05) is 43.3 Å². The first-order valence-electron chi connectivity index (χ1n) is 9.57. The topological polar surface area (TPSA) is 71.5 Å². The summed E-state index contributed by atoms with van der Waals surface area (Å²) in [5, 5.41) is 2.81. The van der Waals surface area contributed by atoms with E-state index < -0.39 is 5.91 Å². The van der Waals surface area contributed by atoms with E-state index in [-0.39, 0.29) is 17.3 Å². The number of nitrogens with one attached hydrogen (secondary N) is 1. The Bertz CT molecular complexity index is 1060. The van der Waals surface area contributed by atoms with Gasteiger partial charge in [-0.05, 0) is 49.2 Å². The molecule has 2 amide bonds. The number of carbonyl (C=O) groups excluding carboxylic acids is 2. The van der Waals surface area contributed by atoms with Crippen LogP contribution in [0.15, 0.2) is 66.7 Å². The zero-order valence-corrected chi connectivity index (χ0v) is 16.1. The Balaban J connectivity index is 1.55. The minimum atomic E-state index is -0.395. The highest BCUT2D eigenvalue weighted by atomic mass is 16.5. The Morgan fingerprint density at radius 3 is 2.62 bits per heavy atom. The zero-order valence-electron chi connectivity index (χ0n) is 16.1. The van der Waals surface area contributed by atoms with Gasteiger partial charge < -0.3 is 15.0 Å². The summed E-state index contributed by atoms with van der Waals surface area (Å²) in [5.74, 6) is -0.0165. The van der Waals surface area contributed by atoms with Crippen molar-refractivity contribution in [2.45, 2.75) is 13.3 Å². The summed E-state index contributed by atoms with van der Waals surface area (Å²) < 4.78 is 5.54. The first-order valence-corrected chi connectivity index (χ1v) is 9.57. The molecule has 0 spiro atoms. The van der Waals surface area contributed by atoms with Crippen LogP contribution in [0.2, 0.25) is 0 Å². The second-order valence-electron chi connectivity index (χ2n) is 6.63. The van der Waals surface area contributed by atoms with Gasteiger partial charge in [0.2, 0.25) is 0 Å². The van der Waals surface area contributed by atoms with Crippen molar-refractivity contribution in [3.8, 4) is 5.75 Å². The molecule has 29 heavy (non-hydrogen) atoms. The van der Waals surface area contributed by atoms with Crippen LogP contribution in [0.4, 0.5) is 11.4 Å². The lowest BCUT2D eigenvalue weighted by atomic mass is 10.2. The molecular weight excluding hydrogens is 366 g/mol. The molecule has 0 unspecified atom stereocenters. The molecule has 1 N–H and O–H groups in total. The standard InChI is InChI=1S/C23H21N3O3/c1-2-29-21-13-6-4-9-17(21)25-22(27)18-10-7-11-19(24-18)23(28)26-15-14-16-8-3-5-12-20(16)26/h3-13H,2,14-15H2,1H3,(H,25,27). The van der Waals surface area contributed by atoms with E-state index in [0.717, 1.165) is 17.7 Å². The molecule has 4 rings (SSSR count). The molecule has 6 heteroatoms. The number of carbonyl (C=O) groups is 2. The smallest absolute Gasteiger partial charge is 0.276 e. The van der Waals surface area contributed by atoms with Crippen LogP contribution >= 0.6 is 0 Å². The van der Waals surface area contributed by atoms with Gasteiger partial charge in [-0.15, -0.1) is 0 Å². The molecule has 1 aromatic heterocycles. The summed E-state index contributed by atoms with van der Waals surface area (Å²) in [4.78, 5) is 31.7. The Morgan fingerprint density at radius 2 is 1.76 bits per heavy atom. The number of ether oxygens (including phenoxy) is 1. The van der Waals surface area contributed by atoms with E-state index >= 15 is 0 Å². The molecule has 1 aliphatic heterocycles. The number of pyridine rings is 1. The van der Waals surface area contributed by atoms with E-state index in [2.05, 4.69) is 10.3 Å². The van der Waals surface area contributed by atoms with Crippen LogP contribution in [0.3, 0.4) is 0 Å². The predicted octanol–water partition coefficient (Wildman–Crippen LogP) is 3.94. The van der Waals surface area contributed by atoms with Gasteiger partial charge in [-0.3, -0.25) is 9.59 Å². The van der Waals surface area contributed by atoms with Gasteiger partial charge in [0.05, 0.1) is 12.3 Å². The first kappa shape index (κ1) is 18.7. The summed E-state index contributed by atoms with van der Waals surface area (Å²) in [6.45, 7) is 2.98. The van der Waals surface area contributed by atoms with Crippen molar-refractivity contribution in [2.24, 2.45) is 0 Å². The molecule has 0 aliphatic carbocycles. The minimum absolute atomic E-state index is 0.176. The van der Waals surface area contributed by atoms with Crippen LogP contribution in [0.1, 0.15) is 33.5 Å². The highest BCUT2D eigenvalue weighted by Crippen LogP contribution is 2.28. The average Bonchev–Trinajstić information content (AvgIpc) is 3.19. The molecule has 2 heterocycles. The maximum Gasteiger partial charge on any atom is 0.276 e. The van der Waals surface area contributed by atoms with Gasteiger partial charge in [-0.25, -0.2) is 4.98 Å². The fourth-order valence-corrected chi connectivity index (χ4v) is 3.41. The molecule has 146 valence electrons. The monoisotopic (exact) mass is 387 g/mol. The lowest BCUT2D eigenvalue weighted by Crippen LogP contribution is -2.30. The number of amides is 2. The van der Waals surface area contributed by atoms with E-state index in [1.54, 1.807) is 35.2 Å².